The van der Waals surface area contributed by atoms with Crippen molar-refractivity contribution in [3.63, 3.8) is 0 Å². The average molecular weight is 1750 g/mol. The van der Waals surface area contributed by atoms with Crippen LogP contribution in [0.2, 0.25) is 0 Å². The minimum absolute atomic E-state index is 0.0231. The maximum absolute atomic E-state index is 14.0. The van der Waals surface area contributed by atoms with Crippen LogP contribution in [-0.2, 0) is 95.3 Å². The Morgan fingerprint density at radius 1 is 0.236 bits per heavy atom. The molecule has 25 nitrogen and oxygen atoms in total. The van der Waals surface area contributed by atoms with E-state index < -0.39 is 5.92 Å². The summed E-state index contributed by atoms with van der Waals surface area (Å²) in [5, 5.41) is 8.75. The van der Waals surface area contributed by atoms with Gasteiger partial charge in [-0.15, -0.1) is 0 Å². The van der Waals surface area contributed by atoms with Gasteiger partial charge in [-0.25, -0.2) is 0 Å². The highest BCUT2D eigenvalue weighted by molar-refractivity contribution is 5.89. The summed E-state index contributed by atoms with van der Waals surface area (Å²) in [4.78, 5) is 136. The summed E-state index contributed by atoms with van der Waals surface area (Å²) in [5.74, 6) is -3.82. The van der Waals surface area contributed by atoms with Crippen LogP contribution in [0.25, 0.3) is 0 Å². The quantitative estimate of drug-likeness (QED) is 0.0289. The lowest BCUT2D eigenvalue weighted by atomic mass is 9.93. The smallest absolute Gasteiger partial charge is 0.305 e. The van der Waals surface area contributed by atoms with E-state index in [1.165, 1.54) is 190 Å². The lowest BCUT2D eigenvalue weighted by Gasteiger charge is -2.23. The number of carbonyl (C=O) groups excluding carboxylic acids is 10. The molecule has 0 aromatic carbocycles. The largest absolute Gasteiger partial charge is 0.464 e. The molecule has 0 aliphatic rings. The van der Waals surface area contributed by atoms with E-state index in [4.69, 9.17) is 47.4 Å². The number of esters is 4. The molecule has 5 amide bonds. The monoisotopic (exact) mass is 1750 g/mol. The number of rotatable bonds is 98. The highest BCUT2D eigenvalue weighted by atomic mass is 16.6. The summed E-state index contributed by atoms with van der Waals surface area (Å²) in [6.07, 6.45) is 54.3. The molecule has 0 heterocycles. The number of hydrogen-bond donors (Lipinski definition) is 3. The van der Waals surface area contributed by atoms with Gasteiger partial charge in [0.2, 0.25) is 29.5 Å². The molecule has 25 heteroatoms. The first kappa shape index (κ1) is 118. The summed E-state index contributed by atoms with van der Waals surface area (Å²) in [5.41, 5.74) is 0. The number of ketones is 1. The molecule has 0 radical (unpaired) electrons. The number of carbonyl (C=O) groups is 10. The van der Waals surface area contributed by atoms with Gasteiger partial charge in [0.25, 0.3) is 0 Å². The summed E-state index contributed by atoms with van der Waals surface area (Å²) in [7, 11) is 0. The number of ether oxygens (including phenoxy) is 10. The Bertz CT molecular complexity index is 2390. The zero-order valence-electron chi connectivity index (χ0n) is 79.1. The van der Waals surface area contributed by atoms with Crippen molar-refractivity contribution in [2.45, 2.75) is 413 Å². The third-order valence-electron chi connectivity index (χ3n) is 22.2. The molecule has 0 aromatic heterocycles. The predicted molar refractivity (Wildman–Crippen MR) is 490 cm³/mol. The van der Waals surface area contributed by atoms with E-state index in [0.717, 1.165) is 103 Å². The van der Waals surface area contributed by atoms with Gasteiger partial charge < -0.3 is 73.1 Å². The second-order valence-electron chi connectivity index (χ2n) is 33.4. The maximum Gasteiger partial charge on any atom is 0.305 e. The number of amides is 5. The normalized spacial score (nSPS) is 11.5. The van der Waals surface area contributed by atoms with Crippen molar-refractivity contribution in [3.05, 3.63) is 0 Å². The molecule has 0 aliphatic carbocycles. The second-order valence-corrected chi connectivity index (χ2v) is 33.4. The Kier molecular flexibility index (Phi) is 90.2. The summed E-state index contributed by atoms with van der Waals surface area (Å²) in [6, 6.07) is 0. The number of hydrogen-bond acceptors (Lipinski definition) is 20. The van der Waals surface area contributed by atoms with Gasteiger partial charge in [-0.1, -0.05) is 291 Å². The van der Waals surface area contributed by atoms with Crippen LogP contribution in [0.5, 0.6) is 0 Å². The van der Waals surface area contributed by atoms with E-state index in [1.54, 1.807) is 0 Å². The number of unbranched alkanes of at least 4 members (excludes halogenated alkanes) is 41. The molecule has 0 saturated heterocycles. The summed E-state index contributed by atoms with van der Waals surface area (Å²) >= 11 is 0. The predicted octanol–water partition coefficient (Wildman–Crippen LogP) is 19.6. The number of Topliss-reactive ketones (excluding diaryl/α,β-unsaturated/α-hetero) is 1. The van der Waals surface area contributed by atoms with Crippen LogP contribution >= 0.6 is 0 Å². The van der Waals surface area contributed by atoms with E-state index in [2.05, 4.69) is 43.6 Å². The van der Waals surface area contributed by atoms with Crippen molar-refractivity contribution < 1.29 is 95.3 Å². The molecule has 0 aromatic rings. The highest BCUT2D eigenvalue weighted by Gasteiger charge is 2.25. The Balaban J connectivity index is 5.84. The molecule has 0 unspecified atom stereocenters. The minimum Gasteiger partial charge on any atom is -0.464 e. The minimum atomic E-state index is -0.747. The molecule has 720 valence electrons. The van der Waals surface area contributed by atoms with Crippen molar-refractivity contribution in [1.29, 1.82) is 0 Å². The van der Waals surface area contributed by atoms with E-state index in [-0.39, 0.29) is 176 Å². The van der Waals surface area contributed by atoms with Crippen LogP contribution in [0.1, 0.15) is 413 Å². The number of nitrogens with one attached hydrogen (secondary N) is 3. The Morgan fingerprint density at radius 2 is 0.504 bits per heavy atom. The molecule has 0 aliphatic heterocycles. The topological polar surface area (TPSA) is 306 Å². The third-order valence-corrected chi connectivity index (χ3v) is 22.2. The van der Waals surface area contributed by atoms with Gasteiger partial charge >= 0.3 is 23.9 Å². The van der Waals surface area contributed by atoms with Gasteiger partial charge in [0.1, 0.15) is 32.2 Å². The SMILES string of the molecule is CCCCCCCCCCCCCC(=O)OCCN(CCOC(=O)CCCCCCCCCCCCC)C(=O)CCC(=O)C[C@@H](CCCCNC(=O)CCC(=O)N(CCOC(=O)CCCCCCCCCCCCC)CCOC(=O)CCCCCCCCCCCCC)C(=O)NCCCOCCOCCOCCCNC(=O)CCOCCOCCOCC. The van der Waals surface area contributed by atoms with Crippen molar-refractivity contribution >= 4 is 59.2 Å². The van der Waals surface area contributed by atoms with E-state index >= 15 is 0 Å². The molecule has 3 N–H and O–H groups in total. The molecular formula is C98H183N5O20. The molecule has 0 saturated carbocycles. The first-order chi connectivity index (χ1) is 60.2. The molecule has 123 heavy (non-hydrogen) atoms. The zero-order chi connectivity index (χ0) is 89.7. The van der Waals surface area contributed by atoms with Gasteiger partial charge in [0.15, 0.2) is 0 Å². The summed E-state index contributed by atoms with van der Waals surface area (Å²) in [6.45, 7) is 17.1. The number of nitrogens with zero attached hydrogens (tertiary/aromatic N) is 2. The van der Waals surface area contributed by atoms with Gasteiger partial charge in [-0.3, -0.25) is 47.9 Å². The van der Waals surface area contributed by atoms with Crippen molar-refractivity contribution in [3.8, 4) is 0 Å². The van der Waals surface area contributed by atoms with Crippen LogP contribution in [0.3, 0.4) is 0 Å². The van der Waals surface area contributed by atoms with Crippen LogP contribution in [0, 0.1) is 5.92 Å². The first-order valence-corrected chi connectivity index (χ1v) is 50.2. The standard InChI is InChI=1S/C98H183N5O20/c1-6-11-15-19-23-27-31-35-39-43-47-56-94(109)120-75-68-102(69-76-121-95(110)57-48-44-40-36-32-28-24-20-16-12-7-2)92(107)62-60-89(104)87-88(98(113)101-67-54-73-116-82-85-119-84-81-115-72-53-66-100-91(106)64-74-117-83-86-118-80-79-114-10-5)55-51-52-65-99-90(105)61-63-93(108)103(70-77-122-96(111)58-49-45-41-37-33-29-25-21-17-13-8-3)71-78-123-97(112)59-50-46-42-38-34-30-26-22-18-14-9-4/h88H,6-87H2,1-5H3,(H,99,105)(H,100,106)(H,101,113)/t88-/m1/s1. The van der Waals surface area contributed by atoms with E-state index in [9.17, 15) is 47.9 Å². The Labute approximate surface area is 747 Å². The first-order valence-electron chi connectivity index (χ1n) is 50.2. The van der Waals surface area contributed by atoms with Gasteiger partial charge in [0.05, 0.1) is 85.6 Å². The summed E-state index contributed by atoms with van der Waals surface area (Å²) < 4.78 is 55.6. The van der Waals surface area contributed by atoms with Crippen molar-refractivity contribution in [2.75, 3.05) is 152 Å². The fourth-order valence-electron chi connectivity index (χ4n) is 14.5. The lowest BCUT2D eigenvalue weighted by molar-refractivity contribution is -0.148. The fourth-order valence-corrected chi connectivity index (χ4v) is 14.5. The van der Waals surface area contributed by atoms with E-state index in [1.807, 2.05) is 6.92 Å². The van der Waals surface area contributed by atoms with E-state index in [0.29, 0.717) is 131 Å². The molecule has 0 spiro atoms. The Hall–Kier alpha value is -5.34. The van der Waals surface area contributed by atoms with Gasteiger partial charge in [-0.05, 0) is 58.3 Å². The van der Waals surface area contributed by atoms with Crippen molar-refractivity contribution in [1.82, 2.24) is 25.8 Å². The highest BCUT2D eigenvalue weighted by Crippen LogP contribution is 2.20. The van der Waals surface area contributed by atoms with Crippen LogP contribution in [0.4, 0.5) is 0 Å². The lowest BCUT2D eigenvalue weighted by Crippen LogP contribution is -2.38. The zero-order valence-corrected chi connectivity index (χ0v) is 79.1. The molecule has 0 fully saturated rings. The van der Waals surface area contributed by atoms with Gasteiger partial charge in [-0.2, -0.15) is 0 Å². The van der Waals surface area contributed by atoms with Crippen molar-refractivity contribution in [2.24, 2.45) is 5.92 Å². The van der Waals surface area contributed by atoms with Gasteiger partial charge in [0, 0.05) is 110 Å². The van der Waals surface area contributed by atoms with Crippen LogP contribution < -0.4 is 16.0 Å². The van der Waals surface area contributed by atoms with Crippen LogP contribution in [0.15, 0.2) is 0 Å². The molecule has 0 bridgehead atoms. The molecular weight excluding hydrogens is 1570 g/mol. The second kappa shape index (κ2) is 94.3. The fraction of sp³-hybridized carbons (Fsp3) is 0.898. The maximum atomic E-state index is 14.0. The van der Waals surface area contributed by atoms with Crippen LogP contribution in [-0.4, -0.2) is 221 Å². The third kappa shape index (κ3) is 85.9. The Morgan fingerprint density at radius 3 is 0.829 bits per heavy atom. The molecule has 1 atom stereocenters. The average Bonchev–Trinajstić information content (AvgIpc) is 0.917. The molecule has 0 rings (SSSR count).